The molecule has 6 heteroatoms. The Bertz CT molecular complexity index is 737. The highest BCUT2D eigenvalue weighted by Crippen LogP contribution is 2.23. The van der Waals surface area contributed by atoms with Crippen LogP contribution >= 0.6 is 11.3 Å². The van der Waals surface area contributed by atoms with Crippen molar-refractivity contribution < 1.29 is 4.79 Å². The molecule has 1 aliphatic heterocycles. The molecule has 23 heavy (non-hydrogen) atoms. The van der Waals surface area contributed by atoms with E-state index in [1.807, 2.05) is 36.3 Å². The SMILES string of the molecule is CC(C)C(=O)N1CCC[C@H]1Cn1nc(-c2cccs2)ccc1=O. The minimum absolute atomic E-state index is 0.0160. The fourth-order valence-electron chi connectivity index (χ4n) is 2.98. The highest BCUT2D eigenvalue weighted by Gasteiger charge is 2.30. The summed E-state index contributed by atoms with van der Waals surface area (Å²) in [6, 6.07) is 7.35. The number of amides is 1. The summed E-state index contributed by atoms with van der Waals surface area (Å²) in [6.45, 7) is 5.08. The van der Waals surface area contributed by atoms with Crippen LogP contribution in [0.4, 0.5) is 0 Å². The number of rotatable bonds is 4. The molecule has 0 aromatic carbocycles. The van der Waals surface area contributed by atoms with E-state index >= 15 is 0 Å². The van der Waals surface area contributed by atoms with E-state index in [4.69, 9.17) is 0 Å². The first-order valence-corrected chi connectivity index (χ1v) is 8.87. The van der Waals surface area contributed by atoms with Gasteiger partial charge in [-0.25, -0.2) is 4.68 Å². The Balaban J connectivity index is 1.83. The van der Waals surface area contributed by atoms with E-state index in [0.717, 1.165) is 30.0 Å². The zero-order valence-corrected chi connectivity index (χ0v) is 14.3. The lowest BCUT2D eigenvalue weighted by atomic mass is 10.1. The van der Waals surface area contributed by atoms with Crippen molar-refractivity contribution in [2.45, 2.75) is 39.3 Å². The highest BCUT2D eigenvalue weighted by atomic mass is 32.1. The predicted molar refractivity (Wildman–Crippen MR) is 91.4 cm³/mol. The van der Waals surface area contributed by atoms with Crippen LogP contribution in [0.1, 0.15) is 26.7 Å². The van der Waals surface area contributed by atoms with Crippen molar-refractivity contribution in [1.29, 1.82) is 0 Å². The minimum atomic E-state index is -0.117. The van der Waals surface area contributed by atoms with Gasteiger partial charge in [0.1, 0.15) is 5.69 Å². The molecule has 1 saturated heterocycles. The van der Waals surface area contributed by atoms with Crippen molar-refractivity contribution in [3.05, 3.63) is 40.0 Å². The largest absolute Gasteiger partial charge is 0.338 e. The van der Waals surface area contributed by atoms with Crippen molar-refractivity contribution in [3.8, 4) is 10.6 Å². The Labute approximate surface area is 139 Å². The first-order valence-electron chi connectivity index (χ1n) is 7.99. The number of thiophene rings is 1. The number of nitrogens with zero attached hydrogens (tertiary/aromatic N) is 3. The maximum atomic E-state index is 12.3. The van der Waals surface area contributed by atoms with E-state index in [9.17, 15) is 9.59 Å². The predicted octanol–water partition coefficient (Wildman–Crippen LogP) is 2.62. The second-order valence-corrected chi connectivity index (χ2v) is 7.15. The van der Waals surface area contributed by atoms with Gasteiger partial charge >= 0.3 is 0 Å². The summed E-state index contributed by atoms with van der Waals surface area (Å²) in [4.78, 5) is 27.4. The van der Waals surface area contributed by atoms with Crippen LogP contribution in [-0.4, -0.2) is 33.2 Å². The number of carbonyl (C=O) groups excluding carboxylic acids is 1. The van der Waals surface area contributed by atoms with Gasteiger partial charge in [0.25, 0.3) is 5.56 Å². The number of carbonyl (C=O) groups is 1. The Hall–Kier alpha value is -1.95. The molecule has 0 aliphatic carbocycles. The quantitative estimate of drug-likeness (QED) is 0.865. The van der Waals surface area contributed by atoms with E-state index in [0.29, 0.717) is 6.54 Å². The van der Waals surface area contributed by atoms with E-state index in [1.165, 1.54) is 4.68 Å². The first kappa shape index (κ1) is 15.9. The normalized spacial score (nSPS) is 17.9. The number of hydrogen-bond acceptors (Lipinski definition) is 4. The monoisotopic (exact) mass is 331 g/mol. The Morgan fingerprint density at radius 3 is 2.91 bits per heavy atom. The summed E-state index contributed by atoms with van der Waals surface area (Å²) in [5.74, 6) is 0.146. The van der Waals surface area contributed by atoms with Crippen molar-refractivity contribution in [1.82, 2.24) is 14.7 Å². The molecule has 0 spiro atoms. The average Bonchev–Trinajstić information content (AvgIpc) is 3.20. The molecule has 0 N–H and O–H groups in total. The van der Waals surface area contributed by atoms with Gasteiger partial charge in [-0.2, -0.15) is 5.10 Å². The van der Waals surface area contributed by atoms with Crippen LogP contribution in [0.15, 0.2) is 34.4 Å². The zero-order chi connectivity index (χ0) is 16.4. The lowest BCUT2D eigenvalue weighted by Gasteiger charge is -2.26. The summed E-state index contributed by atoms with van der Waals surface area (Å²) in [5.41, 5.74) is 0.688. The van der Waals surface area contributed by atoms with Crippen molar-refractivity contribution in [2.24, 2.45) is 5.92 Å². The molecule has 0 radical (unpaired) electrons. The lowest BCUT2D eigenvalue weighted by Crippen LogP contribution is -2.42. The topological polar surface area (TPSA) is 55.2 Å². The molecular weight excluding hydrogens is 310 g/mol. The Kier molecular flexibility index (Phi) is 4.61. The fraction of sp³-hybridized carbons (Fsp3) is 0.471. The molecule has 3 rings (SSSR count). The summed E-state index contributed by atoms with van der Waals surface area (Å²) in [6.07, 6.45) is 1.91. The summed E-state index contributed by atoms with van der Waals surface area (Å²) in [7, 11) is 0. The molecule has 122 valence electrons. The molecular formula is C17H21N3O2S. The smallest absolute Gasteiger partial charge is 0.266 e. The van der Waals surface area contributed by atoms with Crippen LogP contribution in [0.5, 0.6) is 0 Å². The van der Waals surface area contributed by atoms with E-state index in [1.54, 1.807) is 23.5 Å². The van der Waals surface area contributed by atoms with Gasteiger partial charge in [0.05, 0.1) is 17.5 Å². The first-order chi connectivity index (χ1) is 11.1. The maximum absolute atomic E-state index is 12.3. The molecule has 2 aromatic rings. The molecule has 3 heterocycles. The summed E-state index contributed by atoms with van der Waals surface area (Å²) >= 11 is 1.60. The maximum Gasteiger partial charge on any atom is 0.266 e. The molecule has 2 aromatic heterocycles. The van der Waals surface area contributed by atoms with Crippen LogP contribution in [0.25, 0.3) is 10.6 Å². The number of hydrogen-bond donors (Lipinski definition) is 0. The fourth-order valence-corrected chi connectivity index (χ4v) is 3.67. The van der Waals surface area contributed by atoms with Gasteiger partial charge in [0, 0.05) is 18.5 Å². The van der Waals surface area contributed by atoms with Gasteiger partial charge in [-0.05, 0) is 30.4 Å². The molecule has 1 amide bonds. The van der Waals surface area contributed by atoms with E-state index in [-0.39, 0.29) is 23.4 Å². The summed E-state index contributed by atoms with van der Waals surface area (Å²) in [5, 5.41) is 6.49. The van der Waals surface area contributed by atoms with Crippen molar-refractivity contribution in [2.75, 3.05) is 6.54 Å². The van der Waals surface area contributed by atoms with Gasteiger partial charge in [-0.15, -0.1) is 11.3 Å². The second kappa shape index (κ2) is 6.66. The van der Waals surface area contributed by atoms with E-state index < -0.39 is 0 Å². The van der Waals surface area contributed by atoms with Gasteiger partial charge in [0.15, 0.2) is 0 Å². The van der Waals surface area contributed by atoms with Crippen molar-refractivity contribution in [3.63, 3.8) is 0 Å². The van der Waals surface area contributed by atoms with Gasteiger partial charge in [-0.1, -0.05) is 19.9 Å². The van der Waals surface area contributed by atoms with Crippen LogP contribution < -0.4 is 5.56 Å². The third-order valence-electron chi connectivity index (χ3n) is 4.18. The zero-order valence-electron chi connectivity index (χ0n) is 13.4. The third-order valence-corrected chi connectivity index (χ3v) is 5.07. The van der Waals surface area contributed by atoms with E-state index in [2.05, 4.69) is 5.10 Å². The van der Waals surface area contributed by atoms with Crippen LogP contribution in [-0.2, 0) is 11.3 Å². The minimum Gasteiger partial charge on any atom is -0.338 e. The molecule has 0 saturated carbocycles. The molecule has 5 nitrogen and oxygen atoms in total. The van der Waals surface area contributed by atoms with Crippen LogP contribution in [0.3, 0.4) is 0 Å². The van der Waals surface area contributed by atoms with Gasteiger partial charge in [-0.3, -0.25) is 9.59 Å². The van der Waals surface area contributed by atoms with Crippen LogP contribution in [0, 0.1) is 5.92 Å². The molecule has 1 fully saturated rings. The Morgan fingerprint density at radius 1 is 1.39 bits per heavy atom. The molecule has 0 unspecified atom stereocenters. The number of aromatic nitrogens is 2. The number of likely N-dealkylation sites (tertiary alicyclic amines) is 1. The molecule has 0 bridgehead atoms. The highest BCUT2D eigenvalue weighted by molar-refractivity contribution is 7.13. The standard InChI is InChI=1S/C17H21N3O2S/c1-12(2)17(22)19-9-3-5-13(19)11-20-16(21)8-7-14(18-20)15-6-4-10-23-15/h4,6-8,10,12-13H,3,5,9,11H2,1-2H3/t13-/m0/s1. The summed E-state index contributed by atoms with van der Waals surface area (Å²) < 4.78 is 1.51. The third kappa shape index (κ3) is 3.37. The molecule has 1 aliphatic rings. The Morgan fingerprint density at radius 2 is 2.22 bits per heavy atom. The molecule has 1 atom stereocenters. The second-order valence-electron chi connectivity index (χ2n) is 6.20. The lowest BCUT2D eigenvalue weighted by molar-refractivity contribution is -0.135. The van der Waals surface area contributed by atoms with Crippen LogP contribution in [0.2, 0.25) is 0 Å². The average molecular weight is 331 g/mol. The van der Waals surface area contributed by atoms with Crippen molar-refractivity contribution >= 4 is 17.2 Å². The van der Waals surface area contributed by atoms with Gasteiger partial charge in [0.2, 0.25) is 5.91 Å². The van der Waals surface area contributed by atoms with Gasteiger partial charge < -0.3 is 4.90 Å².